The van der Waals surface area contributed by atoms with Crippen molar-refractivity contribution in [1.29, 1.82) is 0 Å². The van der Waals surface area contributed by atoms with Gasteiger partial charge >= 0.3 is 0 Å². The minimum Gasteiger partial charge on any atom is -0.619 e. The van der Waals surface area contributed by atoms with Gasteiger partial charge in [0.15, 0.2) is 11.9 Å². The van der Waals surface area contributed by atoms with Gasteiger partial charge in [0.05, 0.1) is 6.20 Å². The van der Waals surface area contributed by atoms with E-state index in [4.69, 9.17) is 18.1 Å². The van der Waals surface area contributed by atoms with Crippen molar-refractivity contribution in [2.75, 3.05) is 5.84 Å². The number of nitrogens with two attached hydrogens (primary N) is 1. The molecule has 0 bridgehead atoms. The van der Waals surface area contributed by atoms with Gasteiger partial charge in [-0.2, -0.15) is 4.73 Å². The fourth-order valence-corrected chi connectivity index (χ4v) is 1.27. The van der Waals surface area contributed by atoms with E-state index < -0.39 is 0 Å². The summed E-state index contributed by atoms with van der Waals surface area (Å²) in [7, 11) is 1.67. The van der Waals surface area contributed by atoms with Gasteiger partial charge in [0.2, 0.25) is 16.8 Å². The Bertz CT molecular complexity index is 559. The summed E-state index contributed by atoms with van der Waals surface area (Å²) in [5.41, 5.74) is 0.377. The van der Waals surface area contributed by atoms with Crippen molar-refractivity contribution in [2.45, 2.75) is 0 Å². The molecule has 0 amide bonds. The number of hydrogen-bond acceptors (Lipinski definition) is 5. The zero-order valence-corrected chi connectivity index (χ0v) is 8.68. The quantitative estimate of drug-likeness (QED) is 0.301. The molecule has 0 saturated heterocycles. The number of aryl methyl sites for hydroxylation is 1. The average molecular weight is 224 g/mol. The Morgan fingerprint density at radius 1 is 1.60 bits per heavy atom. The molecule has 0 aromatic carbocycles. The first kappa shape index (κ1) is 9.59. The number of rotatable bonds is 1. The van der Waals surface area contributed by atoms with Gasteiger partial charge in [-0.3, -0.25) is 0 Å². The van der Waals surface area contributed by atoms with Gasteiger partial charge in [-0.25, -0.2) is 14.3 Å². The number of nitrogen functional groups attached to an aromatic ring is 1. The molecule has 7 nitrogen and oxygen atoms in total. The van der Waals surface area contributed by atoms with E-state index in [-0.39, 0.29) is 0 Å². The molecular formula is C7H8N6OS. The first-order chi connectivity index (χ1) is 7.09. The highest BCUT2D eigenvalue weighted by Gasteiger charge is 2.12. The molecule has 0 saturated carbocycles. The number of nitrogens with zero attached hydrogens (tertiary/aromatic N) is 5. The lowest BCUT2D eigenvalue weighted by Gasteiger charge is -1.98. The van der Waals surface area contributed by atoms with E-state index in [2.05, 4.69) is 10.1 Å². The van der Waals surface area contributed by atoms with Gasteiger partial charge in [0.25, 0.3) is 0 Å². The Labute approximate surface area is 90.0 Å². The van der Waals surface area contributed by atoms with E-state index in [1.165, 1.54) is 27.9 Å². The van der Waals surface area contributed by atoms with Gasteiger partial charge < -0.3 is 11.0 Å². The number of aromatic nitrogens is 5. The van der Waals surface area contributed by atoms with E-state index >= 15 is 0 Å². The van der Waals surface area contributed by atoms with Crippen LogP contribution in [-0.2, 0) is 7.05 Å². The van der Waals surface area contributed by atoms with Crippen LogP contribution < -0.4 is 10.6 Å². The largest absolute Gasteiger partial charge is 0.619 e. The first-order valence-electron chi connectivity index (χ1n) is 4.06. The smallest absolute Gasteiger partial charge is 0.216 e. The Hall–Kier alpha value is -1.96. The van der Waals surface area contributed by atoms with Crippen molar-refractivity contribution < 1.29 is 4.73 Å². The van der Waals surface area contributed by atoms with Crippen molar-refractivity contribution >= 4 is 12.2 Å². The molecule has 0 radical (unpaired) electrons. The molecule has 8 heteroatoms. The maximum Gasteiger partial charge on any atom is 0.216 e. The van der Waals surface area contributed by atoms with Crippen LogP contribution in [0.3, 0.4) is 0 Å². The van der Waals surface area contributed by atoms with E-state index in [0.29, 0.717) is 21.0 Å². The molecule has 78 valence electrons. The fourth-order valence-electron chi connectivity index (χ4n) is 1.15. The van der Waals surface area contributed by atoms with Gasteiger partial charge in [-0.1, -0.05) is 0 Å². The van der Waals surface area contributed by atoms with Crippen molar-refractivity contribution in [2.24, 2.45) is 7.05 Å². The maximum absolute atomic E-state index is 11.0. The average Bonchev–Trinajstić information content (AvgIpc) is 2.46. The molecule has 2 heterocycles. The van der Waals surface area contributed by atoms with Crippen molar-refractivity contribution in [3.05, 3.63) is 28.6 Å². The van der Waals surface area contributed by atoms with Crippen molar-refractivity contribution in [1.82, 2.24) is 19.4 Å². The topological polar surface area (TPSA) is 88.6 Å². The minimum atomic E-state index is 0.354. The van der Waals surface area contributed by atoms with Crippen LogP contribution >= 0.6 is 12.2 Å². The second-order valence-corrected chi connectivity index (χ2v) is 3.27. The van der Waals surface area contributed by atoms with Crippen LogP contribution in [0.2, 0.25) is 0 Å². The lowest BCUT2D eigenvalue weighted by Crippen LogP contribution is -2.25. The third kappa shape index (κ3) is 1.54. The van der Waals surface area contributed by atoms with Crippen LogP contribution in [0.5, 0.6) is 0 Å². The zero-order chi connectivity index (χ0) is 11.0. The molecule has 2 N–H and O–H groups in total. The molecule has 15 heavy (non-hydrogen) atoms. The summed E-state index contributed by atoms with van der Waals surface area (Å²) in [6, 6.07) is 0. The maximum atomic E-state index is 11.0. The monoisotopic (exact) mass is 224 g/mol. The van der Waals surface area contributed by atoms with Crippen LogP contribution in [-0.4, -0.2) is 19.4 Å². The molecule has 2 aromatic rings. The van der Waals surface area contributed by atoms with Crippen LogP contribution in [0.25, 0.3) is 11.5 Å². The van der Waals surface area contributed by atoms with Gasteiger partial charge in [0.1, 0.15) is 0 Å². The van der Waals surface area contributed by atoms with E-state index in [1.54, 1.807) is 7.05 Å². The SMILES string of the molecule is Cn1nc(-c2c[n+]([O-])ccn2)n(N)c1=S. The molecule has 0 atom stereocenters. The predicted molar refractivity (Wildman–Crippen MR) is 54.4 cm³/mol. The molecule has 0 fully saturated rings. The summed E-state index contributed by atoms with van der Waals surface area (Å²) in [6.45, 7) is 0. The molecular weight excluding hydrogens is 216 g/mol. The predicted octanol–water partition coefficient (Wildman–Crippen LogP) is -0.640. The molecule has 0 aliphatic rings. The Balaban J connectivity index is 2.64. The first-order valence-corrected chi connectivity index (χ1v) is 4.46. The molecule has 2 aromatic heterocycles. The third-order valence-corrected chi connectivity index (χ3v) is 2.32. The lowest BCUT2D eigenvalue weighted by molar-refractivity contribution is -0.605. The summed E-state index contributed by atoms with van der Waals surface area (Å²) in [5, 5.41) is 15.1. The van der Waals surface area contributed by atoms with Crippen molar-refractivity contribution in [3.8, 4) is 11.5 Å². The lowest BCUT2D eigenvalue weighted by atomic mass is 10.4. The Kier molecular flexibility index (Phi) is 2.12. The summed E-state index contributed by atoms with van der Waals surface area (Å²) < 4.78 is 3.62. The highest BCUT2D eigenvalue weighted by atomic mass is 32.1. The molecule has 0 aliphatic heterocycles. The standard InChI is InChI=1S/C7H8N6OS/c1-11-7(15)13(8)6(10-11)5-4-12(14)3-2-9-5/h2-4H,8H2,1H3. The second-order valence-electron chi connectivity index (χ2n) is 2.90. The zero-order valence-electron chi connectivity index (χ0n) is 7.86. The molecule has 0 unspecified atom stereocenters. The normalized spacial score (nSPS) is 10.5. The van der Waals surface area contributed by atoms with Gasteiger partial charge in [0, 0.05) is 7.05 Å². The van der Waals surface area contributed by atoms with Crippen LogP contribution in [0.15, 0.2) is 18.6 Å². The van der Waals surface area contributed by atoms with E-state index in [0.717, 1.165) is 0 Å². The molecule has 0 spiro atoms. The highest BCUT2D eigenvalue weighted by molar-refractivity contribution is 7.71. The third-order valence-electron chi connectivity index (χ3n) is 1.86. The summed E-state index contributed by atoms with van der Waals surface area (Å²) >= 11 is 4.97. The number of hydrogen-bond donors (Lipinski definition) is 1. The van der Waals surface area contributed by atoms with Gasteiger partial charge in [-0.15, -0.1) is 5.10 Å². The minimum absolute atomic E-state index is 0.354. The summed E-state index contributed by atoms with van der Waals surface area (Å²) in [5.74, 6) is 6.02. The van der Waals surface area contributed by atoms with Crippen LogP contribution in [0.1, 0.15) is 0 Å². The molecule has 0 aliphatic carbocycles. The summed E-state index contributed by atoms with van der Waals surface area (Å²) in [4.78, 5) is 3.98. The highest BCUT2D eigenvalue weighted by Crippen LogP contribution is 2.09. The summed E-state index contributed by atoms with van der Waals surface area (Å²) in [6.07, 6.45) is 3.93. The Morgan fingerprint density at radius 3 is 2.87 bits per heavy atom. The van der Waals surface area contributed by atoms with Crippen molar-refractivity contribution in [3.63, 3.8) is 0 Å². The Morgan fingerprint density at radius 2 is 2.33 bits per heavy atom. The van der Waals surface area contributed by atoms with Crippen LogP contribution in [0.4, 0.5) is 0 Å². The fraction of sp³-hybridized carbons (Fsp3) is 0.143. The molecule has 2 rings (SSSR count). The second kappa shape index (κ2) is 3.31. The van der Waals surface area contributed by atoms with E-state index in [9.17, 15) is 5.21 Å². The van der Waals surface area contributed by atoms with Crippen LogP contribution in [0, 0.1) is 9.98 Å². The van der Waals surface area contributed by atoms with Gasteiger partial charge in [-0.05, 0) is 12.2 Å². The van der Waals surface area contributed by atoms with E-state index in [1.807, 2.05) is 0 Å².